The summed E-state index contributed by atoms with van der Waals surface area (Å²) in [5.74, 6) is 1.44. The van der Waals surface area contributed by atoms with E-state index in [4.69, 9.17) is 44.3 Å². The van der Waals surface area contributed by atoms with E-state index in [2.05, 4.69) is 10.2 Å². The van der Waals surface area contributed by atoms with Crippen molar-refractivity contribution in [3.05, 3.63) is 69.0 Å². The van der Waals surface area contributed by atoms with Gasteiger partial charge in [0.1, 0.15) is 0 Å². The number of hydrogen-bond acceptors (Lipinski definition) is 4. The lowest BCUT2D eigenvalue weighted by Crippen LogP contribution is -2.08. The molecule has 1 saturated carbocycles. The molecular formula is C22H17Cl3N4O. The minimum atomic E-state index is 0.353. The van der Waals surface area contributed by atoms with Crippen LogP contribution in [0.5, 0.6) is 0 Å². The molecule has 0 amide bonds. The monoisotopic (exact) mass is 458 g/mol. The number of rotatable bonds is 4. The molecule has 0 unspecified atom stereocenters. The molecule has 1 fully saturated rings. The summed E-state index contributed by atoms with van der Waals surface area (Å²) in [5.41, 5.74) is 3.98. The first-order valence-electron chi connectivity index (χ1n) is 9.66. The Morgan fingerprint density at radius 3 is 2.40 bits per heavy atom. The first kappa shape index (κ1) is 19.6. The molecule has 0 aliphatic heterocycles. The Bertz CT molecular complexity index is 1230. The normalized spacial score (nSPS) is 14.1. The molecule has 0 bridgehead atoms. The van der Waals surface area contributed by atoms with Gasteiger partial charge in [0, 0.05) is 27.1 Å². The van der Waals surface area contributed by atoms with Crippen LogP contribution in [0.4, 0.5) is 0 Å². The molecule has 0 radical (unpaired) electrons. The lowest BCUT2D eigenvalue weighted by Gasteiger charge is -2.20. The van der Waals surface area contributed by atoms with E-state index in [1.807, 2.05) is 31.2 Å². The van der Waals surface area contributed by atoms with Crippen molar-refractivity contribution in [1.82, 2.24) is 20.0 Å². The average Bonchev–Trinajstić information content (AvgIpc) is 3.28. The molecule has 5 rings (SSSR count). The second kappa shape index (κ2) is 7.73. The van der Waals surface area contributed by atoms with Crippen LogP contribution >= 0.6 is 34.8 Å². The largest absolute Gasteiger partial charge is 0.419 e. The topological polar surface area (TPSA) is 56.7 Å². The third kappa shape index (κ3) is 3.41. The van der Waals surface area contributed by atoms with Gasteiger partial charge in [-0.15, -0.1) is 10.2 Å². The maximum Gasteiger partial charge on any atom is 0.268 e. The van der Waals surface area contributed by atoms with Crippen molar-refractivity contribution >= 4 is 34.8 Å². The summed E-state index contributed by atoms with van der Waals surface area (Å²) in [5, 5.41) is 15.1. The van der Waals surface area contributed by atoms with Crippen molar-refractivity contribution in [2.45, 2.75) is 32.1 Å². The molecule has 0 saturated heterocycles. The van der Waals surface area contributed by atoms with Crippen molar-refractivity contribution in [3.63, 3.8) is 0 Å². The van der Waals surface area contributed by atoms with Gasteiger partial charge in [-0.25, -0.2) is 4.68 Å². The number of hydrogen-bond donors (Lipinski definition) is 0. The van der Waals surface area contributed by atoms with E-state index in [0.29, 0.717) is 44.1 Å². The first-order valence-corrected chi connectivity index (χ1v) is 10.8. The predicted octanol–water partition coefficient (Wildman–Crippen LogP) is 7.13. The summed E-state index contributed by atoms with van der Waals surface area (Å²) >= 11 is 18.9. The Kier molecular flexibility index (Phi) is 5.05. The Morgan fingerprint density at radius 2 is 1.70 bits per heavy atom. The summed E-state index contributed by atoms with van der Waals surface area (Å²) in [7, 11) is 0. The molecule has 30 heavy (non-hydrogen) atoms. The zero-order chi connectivity index (χ0) is 20.8. The first-order chi connectivity index (χ1) is 14.5. The van der Waals surface area contributed by atoms with Gasteiger partial charge < -0.3 is 4.42 Å². The molecule has 5 nitrogen and oxygen atoms in total. The molecule has 0 spiro atoms. The van der Waals surface area contributed by atoms with E-state index in [1.165, 1.54) is 6.42 Å². The van der Waals surface area contributed by atoms with Crippen LogP contribution in [0.15, 0.2) is 46.9 Å². The van der Waals surface area contributed by atoms with E-state index in [-0.39, 0.29) is 0 Å². The van der Waals surface area contributed by atoms with Gasteiger partial charge in [0.25, 0.3) is 5.89 Å². The fourth-order valence-electron chi connectivity index (χ4n) is 3.62. The Morgan fingerprint density at radius 1 is 0.967 bits per heavy atom. The highest BCUT2D eigenvalue weighted by Crippen LogP contribution is 2.39. The fourth-order valence-corrected chi connectivity index (χ4v) is 4.11. The average molecular weight is 460 g/mol. The van der Waals surface area contributed by atoms with Crippen molar-refractivity contribution in [2.75, 3.05) is 0 Å². The highest BCUT2D eigenvalue weighted by Gasteiger charge is 2.28. The van der Waals surface area contributed by atoms with Gasteiger partial charge in [-0.1, -0.05) is 53.4 Å². The van der Waals surface area contributed by atoms with Crippen molar-refractivity contribution < 1.29 is 4.42 Å². The molecule has 1 aliphatic rings. The third-order valence-electron chi connectivity index (χ3n) is 5.47. The van der Waals surface area contributed by atoms with Crippen LogP contribution in [0.1, 0.15) is 36.6 Å². The number of benzene rings is 2. The van der Waals surface area contributed by atoms with E-state index >= 15 is 0 Å². The molecule has 8 heteroatoms. The van der Waals surface area contributed by atoms with Crippen LogP contribution < -0.4 is 0 Å². The number of aromatic nitrogens is 4. The van der Waals surface area contributed by atoms with Gasteiger partial charge in [0.2, 0.25) is 5.89 Å². The Hall–Kier alpha value is -2.34. The lowest BCUT2D eigenvalue weighted by atomic mass is 9.85. The van der Waals surface area contributed by atoms with Crippen LogP contribution in [0.2, 0.25) is 15.1 Å². The third-order valence-corrected chi connectivity index (χ3v) is 6.28. The van der Waals surface area contributed by atoms with Crippen molar-refractivity contribution in [1.29, 1.82) is 0 Å². The highest BCUT2D eigenvalue weighted by atomic mass is 35.5. The fraction of sp³-hybridized carbons (Fsp3) is 0.227. The molecule has 0 atom stereocenters. The lowest BCUT2D eigenvalue weighted by molar-refractivity contribution is 0.338. The van der Waals surface area contributed by atoms with Gasteiger partial charge in [0.05, 0.1) is 16.4 Å². The van der Waals surface area contributed by atoms with Gasteiger partial charge >= 0.3 is 0 Å². The maximum atomic E-state index is 6.50. The van der Waals surface area contributed by atoms with Crippen LogP contribution in [0.3, 0.4) is 0 Å². The molecule has 4 aromatic rings. The SMILES string of the molecule is Cc1c(-c2nnc(C3CCC3)o2)nn(-c2cc(Cl)ccc2Cl)c1-c1ccc(Cl)cc1. The van der Waals surface area contributed by atoms with E-state index in [0.717, 1.165) is 29.7 Å². The molecule has 1 aliphatic carbocycles. The number of nitrogens with zero attached hydrogens (tertiary/aromatic N) is 4. The molecular weight excluding hydrogens is 443 g/mol. The minimum absolute atomic E-state index is 0.353. The summed E-state index contributed by atoms with van der Waals surface area (Å²) in [6.07, 6.45) is 3.37. The Balaban J connectivity index is 1.70. The van der Waals surface area contributed by atoms with E-state index in [9.17, 15) is 0 Å². The zero-order valence-corrected chi connectivity index (χ0v) is 18.3. The number of halogens is 3. The van der Waals surface area contributed by atoms with Crippen molar-refractivity contribution in [2.24, 2.45) is 0 Å². The van der Waals surface area contributed by atoms with Crippen LogP contribution in [-0.2, 0) is 0 Å². The summed E-state index contributed by atoms with van der Waals surface area (Å²) in [6, 6.07) is 12.9. The molecule has 0 N–H and O–H groups in total. The zero-order valence-electron chi connectivity index (χ0n) is 16.1. The van der Waals surface area contributed by atoms with Gasteiger partial charge in [0.15, 0.2) is 5.69 Å². The van der Waals surface area contributed by atoms with Gasteiger partial charge in [-0.05, 0) is 50.1 Å². The highest BCUT2D eigenvalue weighted by molar-refractivity contribution is 6.34. The smallest absolute Gasteiger partial charge is 0.268 e. The maximum absolute atomic E-state index is 6.50. The van der Waals surface area contributed by atoms with E-state index in [1.54, 1.807) is 22.9 Å². The van der Waals surface area contributed by atoms with Crippen LogP contribution in [0.25, 0.3) is 28.5 Å². The molecule has 2 aromatic carbocycles. The van der Waals surface area contributed by atoms with Crippen molar-refractivity contribution in [3.8, 4) is 28.5 Å². The minimum Gasteiger partial charge on any atom is -0.419 e. The predicted molar refractivity (Wildman–Crippen MR) is 119 cm³/mol. The van der Waals surface area contributed by atoms with Gasteiger partial charge in [-0.2, -0.15) is 5.10 Å². The quantitative estimate of drug-likeness (QED) is 0.326. The molecule has 2 aromatic heterocycles. The molecule has 152 valence electrons. The van der Waals surface area contributed by atoms with Gasteiger partial charge in [-0.3, -0.25) is 0 Å². The second-order valence-electron chi connectivity index (χ2n) is 7.41. The standard InChI is InChI=1S/C22H17Cl3N4O/c1-12-19(22-27-26-21(30-22)14-3-2-4-14)28-29(18-11-16(24)9-10-17(18)25)20(12)13-5-7-15(23)8-6-13/h5-11,14H,2-4H2,1H3. The summed E-state index contributed by atoms with van der Waals surface area (Å²) in [4.78, 5) is 0. The Labute approximate surface area is 188 Å². The summed E-state index contributed by atoms with van der Waals surface area (Å²) < 4.78 is 7.76. The van der Waals surface area contributed by atoms with E-state index < -0.39 is 0 Å². The summed E-state index contributed by atoms with van der Waals surface area (Å²) in [6.45, 7) is 1.98. The second-order valence-corrected chi connectivity index (χ2v) is 8.69. The van der Waals surface area contributed by atoms with Crippen LogP contribution in [-0.4, -0.2) is 20.0 Å². The molecule has 2 heterocycles. The van der Waals surface area contributed by atoms with Crippen LogP contribution in [0, 0.1) is 6.92 Å².